The van der Waals surface area contributed by atoms with Crippen molar-refractivity contribution >= 4 is 17.5 Å². The van der Waals surface area contributed by atoms with E-state index in [1.54, 1.807) is 0 Å². The molecule has 1 amide bonds. The van der Waals surface area contributed by atoms with Gasteiger partial charge in [-0.05, 0) is 31.4 Å². The maximum atomic E-state index is 12.1. The van der Waals surface area contributed by atoms with Crippen LogP contribution in [-0.4, -0.2) is 25.7 Å². The average Bonchev–Trinajstić information content (AvgIpc) is 2.65. The molecule has 0 saturated heterocycles. The zero-order valence-electron chi connectivity index (χ0n) is 14.8. The second-order valence-electron chi connectivity index (χ2n) is 5.88. The van der Waals surface area contributed by atoms with Crippen LogP contribution in [-0.2, 0) is 11.2 Å². The molecule has 136 valence electrons. The molecule has 0 fully saturated rings. The van der Waals surface area contributed by atoms with Crippen molar-refractivity contribution < 1.29 is 14.3 Å². The highest BCUT2D eigenvalue weighted by atomic mass is 35.5. The molecular weight excluding hydrogens is 352 g/mol. The summed E-state index contributed by atoms with van der Waals surface area (Å²) in [5.41, 5.74) is 1.59. The van der Waals surface area contributed by atoms with Gasteiger partial charge in [0.25, 0.3) is 5.91 Å². The molecule has 0 aliphatic carbocycles. The Balaban J connectivity index is 1.86. The minimum absolute atomic E-state index is 0.0182. The van der Waals surface area contributed by atoms with Gasteiger partial charge in [-0.15, -0.1) is 0 Å². The number of halogens is 1. The largest absolute Gasteiger partial charge is 0.493 e. The van der Waals surface area contributed by atoms with Crippen LogP contribution in [0.3, 0.4) is 0 Å². The van der Waals surface area contributed by atoms with Crippen molar-refractivity contribution in [2.75, 3.05) is 13.7 Å². The maximum absolute atomic E-state index is 12.1. The fourth-order valence-electron chi connectivity index (χ4n) is 2.48. The zero-order valence-corrected chi connectivity index (χ0v) is 15.5. The molecule has 2 rings (SSSR count). The molecule has 6 heteroatoms. The summed E-state index contributed by atoms with van der Waals surface area (Å²) in [6, 6.07) is 15.1. The van der Waals surface area contributed by atoms with Gasteiger partial charge in [0, 0.05) is 12.1 Å². The molecule has 2 aromatic rings. The number of carbonyl (C=O) groups is 1. The summed E-state index contributed by atoms with van der Waals surface area (Å²) in [7, 11) is 1.45. The summed E-state index contributed by atoms with van der Waals surface area (Å²) < 4.78 is 10.7. The van der Waals surface area contributed by atoms with Crippen molar-refractivity contribution in [1.29, 1.82) is 5.26 Å². The first kappa shape index (κ1) is 19.6. The molecule has 0 aliphatic heterocycles. The van der Waals surface area contributed by atoms with Gasteiger partial charge >= 0.3 is 0 Å². The third-order valence-electron chi connectivity index (χ3n) is 3.82. The third kappa shape index (κ3) is 5.68. The molecule has 0 aliphatic rings. The summed E-state index contributed by atoms with van der Waals surface area (Å²) in [4.78, 5) is 12.1. The second kappa shape index (κ2) is 9.69. The molecular formula is C20H21ClN2O3. The van der Waals surface area contributed by atoms with Crippen LogP contribution in [0.5, 0.6) is 11.5 Å². The topological polar surface area (TPSA) is 71.3 Å². The minimum Gasteiger partial charge on any atom is -0.493 e. The Morgan fingerprint density at radius 1 is 1.31 bits per heavy atom. The van der Waals surface area contributed by atoms with Gasteiger partial charge in [0.2, 0.25) is 0 Å². The second-order valence-corrected chi connectivity index (χ2v) is 6.29. The van der Waals surface area contributed by atoms with E-state index >= 15 is 0 Å². The van der Waals surface area contributed by atoms with Gasteiger partial charge in [-0.25, -0.2) is 0 Å². The predicted octanol–water partition coefficient (Wildman–Crippen LogP) is 3.74. The number of nitrogens with zero attached hydrogens (tertiary/aromatic N) is 1. The molecule has 0 aromatic heterocycles. The van der Waals surface area contributed by atoms with E-state index in [0.29, 0.717) is 11.3 Å². The number of carbonyl (C=O) groups excluding carboxylic acids is 1. The summed E-state index contributed by atoms with van der Waals surface area (Å²) in [6.07, 6.45) is 1.72. The molecule has 0 spiro atoms. The molecule has 5 nitrogen and oxygen atoms in total. The molecule has 1 N–H and O–H groups in total. The number of nitrogens with one attached hydrogen (secondary N) is 1. The summed E-state index contributed by atoms with van der Waals surface area (Å²) in [6.45, 7) is 1.77. The number of amides is 1. The molecule has 26 heavy (non-hydrogen) atoms. The average molecular weight is 373 g/mol. The first-order chi connectivity index (χ1) is 12.5. The van der Waals surface area contributed by atoms with Crippen molar-refractivity contribution in [1.82, 2.24) is 5.32 Å². The normalized spacial score (nSPS) is 11.3. The summed E-state index contributed by atoms with van der Waals surface area (Å²) >= 11 is 6.11. The van der Waals surface area contributed by atoms with E-state index in [1.807, 2.05) is 31.2 Å². The Kier molecular flexibility index (Phi) is 7.31. The van der Waals surface area contributed by atoms with Crippen LogP contribution in [0, 0.1) is 11.3 Å². The lowest BCUT2D eigenvalue weighted by Gasteiger charge is -2.16. The number of ether oxygens (including phenoxy) is 2. The first-order valence-corrected chi connectivity index (χ1v) is 8.65. The molecule has 0 unspecified atom stereocenters. The van der Waals surface area contributed by atoms with Crippen LogP contribution >= 0.6 is 11.6 Å². The van der Waals surface area contributed by atoms with E-state index in [1.165, 1.54) is 24.8 Å². The number of aryl methyl sites for hydroxylation is 1. The lowest BCUT2D eigenvalue weighted by Crippen LogP contribution is -2.36. The Bertz CT molecular complexity index is 788. The smallest absolute Gasteiger partial charge is 0.258 e. The molecule has 0 radical (unpaired) electrons. The number of nitriles is 1. The molecule has 0 saturated carbocycles. The highest BCUT2D eigenvalue weighted by molar-refractivity contribution is 6.32. The number of hydrogen-bond acceptors (Lipinski definition) is 4. The number of benzene rings is 2. The van der Waals surface area contributed by atoms with Crippen molar-refractivity contribution in [3.05, 3.63) is 58.6 Å². The van der Waals surface area contributed by atoms with E-state index < -0.39 is 0 Å². The monoisotopic (exact) mass is 372 g/mol. The molecule has 1 atom stereocenters. The Morgan fingerprint density at radius 3 is 2.69 bits per heavy atom. The zero-order chi connectivity index (χ0) is 18.9. The fourth-order valence-corrected chi connectivity index (χ4v) is 2.74. The van der Waals surface area contributed by atoms with E-state index in [9.17, 15) is 4.79 Å². The quantitative estimate of drug-likeness (QED) is 0.766. The van der Waals surface area contributed by atoms with Crippen molar-refractivity contribution in [2.24, 2.45) is 0 Å². The van der Waals surface area contributed by atoms with Crippen molar-refractivity contribution in [3.63, 3.8) is 0 Å². The van der Waals surface area contributed by atoms with Crippen LogP contribution < -0.4 is 14.8 Å². The predicted molar refractivity (Wildman–Crippen MR) is 101 cm³/mol. The van der Waals surface area contributed by atoms with Crippen molar-refractivity contribution in [3.8, 4) is 17.6 Å². The number of hydrogen-bond donors (Lipinski definition) is 1. The Morgan fingerprint density at radius 2 is 2.04 bits per heavy atom. The first-order valence-electron chi connectivity index (χ1n) is 8.27. The van der Waals surface area contributed by atoms with Gasteiger partial charge in [-0.1, -0.05) is 41.9 Å². The van der Waals surface area contributed by atoms with Gasteiger partial charge in [-0.3, -0.25) is 4.79 Å². The van der Waals surface area contributed by atoms with Gasteiger partial charge in [-0.2, -0.15) is 5.26 Å². The highest BCUT2D eigenvalue weighted by Gasteiger charge is 2.15. The van der Waals surface area contributed by atoms with Gasteiger partial charge in [0.1, 0.15) is 0 Å². The summed E-state index contributed by atoms with van der Waals surface area (Å²) in [5.74, 6) is 0.326. The summed E-state index contributed by atoms with van der Waals surface area (Å²) in [5, 5.41) is 12.1. The van der Waals surface area contributed by atoms with E-state index in [-0.39, 0.29) is 29.3 Å². The maximum Gasteiger partial charge on any atom is 0.258 e. The fraction of sp³-hybridized carbons (Fsp3) is 0.300. The van der Waals surface area contributed by atoms with Crippen molar-refractivity contribution in [2.45, 2.75) is 25.8 Å². The van der Waals surface area contributed by atoms with Gasteiger partial charge < -0.3 is 14.8 Å². The van der Waals surface area contributed by atoms with Gasteiger partial charge in [0.15, 0.2) is 18.1 Å². The van der Waals surface area contributed by atoms with E-state index in [2.05, 4.69) is 17.4 Å². The molecule has 2 aromatic carbocycles. The van der Waals surface area contributed by atoms with E-state index in [4.69, 9.17) is 26.3 Å². The van der Waals surface area contributed by atoms with Gasteiger partial charge in [0.05, 0.1) is 23.8 Å². The van der Waals surface area contributed by atoms with Crippen LogP contribution in [0.1, 0.15) is 24.5 Å². The highest BCUT2D eigenvalue weighted by Crippen LogP contribution is 2.36. The van der Waals surface area contributed by atoms with Crippen LogP contribution in [0.15, 0.2) is 42.5 Å². The number of rotatable bonds is 8. The Hall–Kier alpha value is -2.71. The molecule has 0 bridgehead atoms. The lowest BCUT2D eigenvalue weighted by atomic mass is 10.1. The molecule has 0 heterocycles. The minimum atomic E-state index is -0.243. The Labute approximate surface area is 158 Å². The van der Waals surface area contributed by atoms with Crippen LogP contribution in [0.4, 0.5) is 0 Å². The van der Waals surface area contributed by atoms with Crippen LogP contribution in [0.2, 0.25) is 5.02 Å². The number of methoxy groups -OCH3 is 1. The lowest BCUT2D eigenvalue weighted by molar-refractivity contribution is -0.123. The third-order valence-corrected chi connectivity index (χ3v) is 4.10. The van der Waals surface area contributed by atoms with Crippen LogP contribution in [0.25, 0.3) is 0 Å². The standard InChI is InChI=1S/C20H21ClN2O3/c1-14(8-9-15-6-4-3-5-7-15)23-19(24)13-26-20-17(21)10-16(12-22)11-18(20)25-2/h3-7,10-11,14H,8-9,13H2,1-2H3,(H,23,24)/t14-/m0/s1. The van der Waals surface area contributed by atoms with E-state index in [0.717, 1.165) is 12.8 Å². The SMILES string of the molecule is COc1cc(C#N)cc(Cl)c1OCC(=O)N[C@@H](C)CCc1ccccc1.